The standard InChI is InChI=1S/C16H19NO3/c1-3-20-16(19)9-12(8-11(2)18)14-10-17-15-7-5-4-6-13(14)15/h4-7,10,12,17H,3,8-9H2,1-2H3. The van der Waals surface area contributed by atoms with Gasteiger partial charge in [-0.3, -0.25) is 4.79 Å². The van der Waals surface area contributed by atoms with Crippen molar-refractivity contribution in [1.29, 1.82) is 0 Å². The molecule has 0 saturated heterocycles. The van der Waals surface area contributed by atoms with E-state index in [0.717, 1.165) is 16.5 Å². The quantitative estimate of drug-likeness (QED) is 0.822. The molecule has 0 radical (unpaired) electrons. The number of H-pyrrole nitrogens is 1. The molecule has 0 bridgehead atoms. The van der Waals surface area contributed by atoms with Gasteiger partial charge in [0.2, 0.25) is 0 Å². The fourth-order valence-electron chi connectivity index (χ4n) is 2.49. The van der Waals surface area contributed by atoms with E-state index in [1.54, 1.807) is 13.8 Å². The zero-order chi connectivity index (χ0) is 14.5. The van der Waals surface area contributed by atoms with Crippen LogP contribution in [0.5, 0.6) is 0 Å². The van der Waals surface area contributed by atoms with Crippen molar-refractivity contribution < 1.29 is 14.3 Å². The van der Waals surface area contributed by atoms with E-state index < -0.39 is 0 Å². The van der Waals surface area contributed by atoms with E-state index >= 15 is 0 Å². The predicted molar refractivity (Wildman–Crippen MR) is 77.6 cm³/mol. The van der Waals surface area contributed by atoms with Gasteiger partial charge in [0.1, 0.15) is 5.78 Å². The summed E-state index contributed by atoms with van der Waals surface area (Å²) in [6, 6.07) is 7.89. The highest BCUT2D eigenvalue weighted by Crippen LogP contribution is 2.30. The maximum absolute atomic E-state index is 11.7. The number of Topliss-reactive ketones (excluding diaryl/α,β-unsaturated/α-hetero) is 1. The van der Waals surface area contributed by atoms with Gasteiger partial charge in [0.25, 0.3) is 0 Å². The molecule has 0 fully saturated rings. The van der Waals surface area contributed by atoms with Crippen molar-refractivity contribution in [2.24, 2.45) is 0 Å². The number of para-hydroxylation sites is 1. The summed E-state index contributed by atoms with van der Waals surface area (Å²) in [7, 11) is 0. The maximum atomic E-state index is 11.7. The third-order valence-corrected chi connectivity index (χ3v) is 3.31. The number of aromatic amines is 1. The van der Waals surface area contributed by atoms with Crippen molar-refractivity contribution in [2.45, 2.75) is 32.6 Å². The lowest BCUT2D eigenvalue weighted by Crippen LogP contribution is -2.12. The van der Waals surface area contributed by atoms with Crippen LogP contribution in [0.25, 0.3) is 10.9 Å². The van der Waals surface area contributed by atoms with Crippen molar-refractivity contribution >= 4 is 22.7 Å². The molecule has 0 aliphatic heterocycles. The average Bonchev–Trinajstić information content (AvgIpc) is 2.81. The Kier molecular flexibility index (Phi) is 4.56. The molecule has 1 heterocycles. The Morgan fingerprint density at radius 3 is 2.70 bits per heavy atom. The van der Waals surface area contributed by atoms with Crippen LogP contribution in [0.15, 0.2) is 30.5 Å². The van der Waals surface area contributed by atoms with Gasteiger partial charge in [0, 0.05) is 29.4 Å². The first-order chi connectivity index (χ1) is 9.61. The fourth-order valence-corrected chi connectivity index (χ4v) is 2.49. The van der Waals surface area contributed by atoms with E-state index in [2.05, 4.69) is 4.98 Å². The summed E-state index contributed by atoms with van der Waals surface area (Å²) in [6.07, 6.45) is 2.47. The lowest BCUT2D eigenvalue weighted by molar-refractivity contribution is -0.143. The Balaban J connectivity index is 2.30. The van der Waals surface area contributed by atoms with Gasteiger partial charge < -0.3 is 14.5 Å². The van der Waals surface area contributed by atoms with Gasteiger partial charge in [-0.15, -0.1) is 0 Å². The van der Waals surface area contributed by atoms with Crippen molar-refractivity contribution in [3.63, 3.8) is 0 Å². The largest absolute Gasteiger partial charge is 0.466 e. The number of ether oxygens (including phenoxy) is 1. The van der Waals surface area contributed by atoms with E-state index in [1.807, 2.05) is 30.5 Å². The van der Waals surface area contributed by atoms with Crippen LogP contribution in [0.1, 0.15) is 38.2 Å². The molecule has 0 aliphatic carbocycles. The van der Waals surface area contributed by atoms with Crippen molar-refractivity contribution in [3.8, 4) is 0 Å². The van der Waals surface area contributed by atoms with Crippen LogP contribution in [0.2, 0.25) is 0 Å². The second-order valence-electron chi connectivity index (χ2n) is 4.90. The van der Waals surface area contributed by atoms with Gasteiger partial charge in [-0.2, -0.15) is 0 Å². The van der Waals surface area contributed by atoms with Crippen molar-refractivity contribution in [2.75, 3.05) is 6.61 Å². The first kappa shape index (κ1) is 14.3. The molecule has 1 unspecified atom stereocenters. The second-order valence-corrected chi connectivity index (χ2v) is 4.90. The lowest BCUT2D eigenvalue weighted by atomic mass is 9.91. The van der Waals surface area contributed by atoms with Crippen molar-refractivity contribution in [3.05, 3.63) is 36.0 Å². The molecule has 0 amide bonds. The number of fused-ring (bicyclic) bond motifs is 1. The van der Waals surface area contributed by atoms with Crippen LogP contribution < -0.4 is 0 Å². The number of rotatable bonds is 6. The molecular weight excluding hydrogens is 254 g/mol. The van der Waals surface area contributed by atoms with E-state index in [0.29, 0.717) is 13.0 Å². The topological polar surface area (TPSA) is 59.2 Å². The molecule has 2 aromatic rings. The normalized spacial score (nSPS) is 12.3. The van der Waals surface area contributed by atoms with E-state index in [9.17, 15) is 9.59 Å². The lowest BCUT2D eigenvalue weighted by Gasteiger charge is -2.14. The number of ketones is 1. The molecule has 1 aromatic carbocycles. The molecular formula is C16H19NO3. The minimum Gasteiger partial charge on any atom is -0.466 e. The maximum Gasteiger partial charge on any atom is 0.306 e. The number of carbonyl (C=O) groups excluding carboxylic acids is 2. The Bertz CT molecular complexity index is 615. The Morgan fingerprint density at radius 2 is 2.00 bits per heavy atom. The molecule has 1 atom stereocenters. The van der Waals surface area contributed by atoms with Crippen LogP contribution in [0.3, 0.4) is 0 Å². The fraction of sp³-hybridized carbons (Fsp3) is 0.375. The van der Waals surface area contributed by atoms with Gasteiger partial charge in [-0.1, -0.05) is 18.2 Å². The molecule has 106 valence electrons. The van der Waals surface area contributed by atoms with Crippen LogP contribution in [-0.2, 0) is 14.3 Å². The molecule has 4 heteroatoms. The molecule has 0 saturated carbocycles. The molecule has 0 aliphatic rings. The van der Waals surface area contributed by atoms with E-state index in [-0.39, 0.29) is 24.1 Å². The second kappa shape index (κ2) is 6.37. The molecule has 1 aromatic heterocycles. The third-order valence-electron chi connectivity index (χ3n) is 3.31. The van der Waals surface area contributed by atoms with E-state index in [1.165, 1.54) is 0 Å². The summed E-state index contributed by atoms with van der Waals surface area (Å²) in [6.45, 7) is 3.69. The molecule has 20 heavy (non-hydrogen) atoms. The summed E-state index contributed by atoms with van der Waals surface area (Å²) in [4.78, 5) is 26.4. The summed E-state index contributed by atoms with van der Waals surface area (Å²) in [5.74, 6) is -0.323. The van der Waals surface area contributed by atoms with Crippen LogP contribution >= 0.6 is 0 Å². The number of aromatic nitrogens is 1. The van der Waals surface area contributed by atoms with Gasteiger partial charge >= 0.3 is 5.97 Å². The summed E-state index contributed by atoms with van der Waals surface area (Å²) < 4.78 is 5.00. The minimum absolute atomic E-state index is 0.0737. The highest BCUT2D eigenvalue weighted by molar-refractivity contribution is 5.86. The van der Waals surface area contributed by atoms with Gasteiger partial charge in [-0.05, 0) is 25.5 Å². The number of benzene rings is 1. The summed E-state index contributed by atoms with van der Waals surface area (Å²) in [5.41, 5.74) is 2.02. The SMILES string of the molecule is CCOC(=O)CC(CC(C)=O)c1c[nH]c2ccccc12. The Morgan fingerprint density at radius 1 is 1.25 bits per heavy atom. The zero-order valence-corrected chi connectivity index (χ0v) is 11.8. The molecule has 1 N–H and O–H groups in total. The smallest absolute Gasteiger partial charge is 0.306 e. The number of carbonyl (C=O) groups is 2. The zero-order valence-electron chi connectivity index (χ0n) is 11.8. The summed E-state index contributed by atoms with van der Waals surface area (Å²) >= 11 is 0. The Hall–Kier alpha value is -2.10. The van der Waals surface area contributed by atoms with E-state index in [4.69, 9.17) is 4.74 Å². The molecule has 2 rings (SSSR count). The minimum atomic E-state index is -0.260. The number of hydrogen-bond donors (Lipinski definition) is 1. The van der Waals surface area contributed by atoms with Gasteiger partial charge in [0.15, 0.2) is 0 Å². The first-order valence-electron chi connectivity index (χ1n) is 6.83. The number of esters is 1. The van der Waals surface area contributed by atoms with Gasteiger partial charge in [0.05, 0.1) is 13.0 Å². The number of nitrogens with one attached hydrogen (secondary N) is 1. The van der Waals surface area contributed by atoms with Gasteiger partial charge in [-0.25, -0.2) is 0 Å². The predicted octanol–water partition coefficient (Wildman–Crippen LogP) is 3.18. The highest BCUT2D eigenvalue weighted by atomic mass is 16.5. The number of hydrogen-bond acceptors (Lipinski definition) is 3. The van der Waals surface area contributed by atoms with Crippen LogP contribution in [0, 0.1) is 0 Å². The van der Waals surface area contributed by atoms with Crippen LogP contribution in [-0.4, -0.2) is 23.3 Å². The van der Waals surface area contributed by atoms with Crippen molar-refractivity contribution in [1.82, 2.24) is 4.98 Å². The molecule has 4 nitrogen and oxygen atoms in total. The summed E-state index contributed by atoms with van der Waals surface area (Å²) in [5, 5.41) is 1.06. The van der Waals surface area contributed by atoms with Crippen LogP contribution in [0.4, 0.5) is 0 Å². The Labute approximate surface area is 118 Å². The molecule has 0 spiro atoms. The average molecular weight is 273 g/mol. The monoisotopic (exact) mass is 273 g/mol. The first-order valence-corrected chi connectivity index (χ1v) is 6.83. The third kappa shape index (κ3) is 3.26. The highest BCUT2D eigenvalue weighted by Gasteiger charge is 2.21.